The fraction of sp³-hybridized carbons (Fsp3) is 0.611. The third kappa shape index (κ3) is 3.68. The fourth-order valence-corrected chi connectivity index (χ4v) is 3.77. The smallest absolute Gasteiger partial charge is 0.303 e. The van der Waals surface area contributed by atoms with Crippen molar-refractivity contribution in [3.8, 4) is 0 Å². The number of carboxylic acid groups (broad SMARTS) is 1. The number of aliphatic carboxylic acids is 1. The monoisotopic (exact) mass is 332 g/mol. The van der Waals surface area contributed by atoms with E-state index in [2.05, 4.69) is 4.98 Å². The van der Waals surface area contributed by atoms with Gasteiger partial charge in [0.05, 0.1) is 0 Å². The highest BCUT2D eigenvalue weighted by Gasteiger charge is 2.27. The van der Waals surface area contributed by atoms with Gasteiger partial charge in [0.25, 0.3) is 11.5 Å². The third-order valence-electron chi connectivity index (χ3n) is 5.18. The first-order chi connectivity index (χ1) is 11.5. The molecule has 0 radical (unpaired) electrons. The molecule has 2 aliphatic rings. The molecular formula is C18H24N2O4. The zero-order valence-corrected chi connectivity index (χ0v) is 13.8. The van der Waals surface area contributed by atoms with Gasteiger partial charge in [-0.05, 0) is 56.1 Å². The molecular weight excluding hydrogens is 308 g/mol. The Kier molecular flexibility index (Phi) is 5.02. The summed E-state index contributed by atoms with van der Waals surface area (Å²) in [6.07, 6.45) is 6.62. The van der Waals surface area contributed by atoms with Gasteiger partial charge >= 0.3 is 5.97 Å². The van der Waals surface area contributed by atoms with Crippen LogP contribution in [0.4, 0.5) is 0 Å². The number of aromatic amines is 1. The number of rotatable bonds is 3. The van der Waals surface area contributed by atoms with Crippen LogP contribution in [0.3, 0.4) is 0 Å². The summed E-state index contributed by atoms with van der Waals surface area (Å²) in [6, 6.07) is 1.78. The van der Waals surface area contributed by atoms with Crippen molar-refractivity contribution in [1.82, 2.24) is 9.88 Å². The summed E-state index contributed by atoms with van der Waals surface area (Å²) in [7, 11) is 0. The summed E-state index contributed by atoms with van der Waals surface area (Å²) in [6.45, 7) is 1.04. The first-order valence-corrected chi connectivity index (χ1v) is 8.80. The summed E-state index contributed by atoms with van der Waals surface area (Å²) < 4.78 is 0. The van der Waals surface area contributed by atoms with Gasteiger partial charge in [-0.25, -0.2) is 0 Å². The quantitative estimate of drug-likeness (QED) is 0.828. The lowest BCUT2D eigenvalue weighted by atomic mass is 9.93. The number of aromatic nitrogens is 1. The maximum atomic E-state index is 12.7. The van der Waals surface area contributed by atoms with Gasteiger partial charge in [-0.15, -0.1) is 0 Å². The molecule has 130 valence electrons. The van der Waals surface area contributed by atoms with Crippen molar-refractivity contribution in [3.05, 3.63) is 33.2 Å². The summed E-state index contributed by atoms with van der Waals surface area (Å²) >= 11 is 0. The van der Waals surface area contributed by atoms with Crippen molar-refractivity contribution in [2.75, 3.05) is 13.1 Å². The number of likely N-dealkylation sites (tertiary alicyclic amines) is 1. The Bertz CT molecular complexity index is 687. The lowest BCUT2D eigenvalue weighted by Gasteiger charge is -2.31. The molecule has 0 spiro atoms. The molecule has 1 amide bonds. The maximum Gasteiger partial charge on any atom is 0.303 e. The number of aryl methyl sites for hydroxylation is 2. The van der Waals surface area contributed by atoms with Crippen molar-refractivity contribution < 1.29 is 14.7 Å². The topological polar surface area (TPSA) is 90.5 Å². The molecule has 0 bridgehead atoms. The van der Waals surface area contributed by atoms with Gasteiger partial charge in [-0.1, -0.05) is 6.42 Å². The maximum absolute atomic E-state index is 12.7. The number of H-pyrrole nitrogens is 1. The van der Waals surface area contributed by atoms with E-state index in [1.54, 1.807) is 11.0 Å². The number of nitrogens with zero attached hydrogens (tertiary/aromatic N) is 1. The lowest BCUT2D eigenvalue weighted by Crippen LogP contribution is -2.41. The Hall–Kier alpha value is -2.11. The Morgan fingerprint density at radius 3 is 2.58 bits per heavy atom. The molecule has 6 nitrogen and oxygen atoms in total. The van der Waals surface area contributed by atoms with Crippen molar-refractivity contribution in [3.63, 3.8) is 0 Å². The number of carbonyl (C=O) groups is 2. The van der Waals surface area contributed by atoms with E-state index in [1.807, 2.05) is 0 Å². The molecule has 1 aliphatic carbocycles. The molecule has 1 saturated heterocycles. The largest absolute Gasteiger partial charge is 0.481 e. The minimum absolute atomic E-state index is 0.122. The van der Waals surface area contributed by atoms with Gasteiger partial charge in [0.2, 0.25) is 0 Å². The Morgan fingerprint density at radius 1 is 1.17 bits per heavy atom. The van der Waals surface area contributed by atoms with Gasteiger partial charge in [0.1, 0.15) is 5.56 Å². The molecule has 1 aromatic rings. The van der Waals surface area contributed by atoms with E-state index in [0.717, 1.165) is 43.4 Å². The summed E-state index contributed by atoms with van der Waals surface area (Å²) in [5.74, 6) is -0.893. The first-order valence-electron chi connectivity index (χ1n) is 8.80. The van der Waals surface area contributed by atoms with E-state index >= 15 is 0 Å². The van der Waals surface area contributed by atoms with Crippen LogP contribution in [0.1, 0.15) is 60.1 Å². The standard InChI is InChI=1S/C18H24N2O4/c21-16(22)10-12-6-8-20(9-7-12)18(24)14-11-13-4-2-1-3-5-15(13)19-17(14)23/h11-12H,1-10H2,(H,19,23)(H,21,22). The van der Waals surface area contributed by atoms with E-state index in [0.29, 0.717) is 25.9 Å². The van der Waals surface area contributed by atoms with Crippen LogP contribution in [-0.2, 0) is 17.6 Å². The molecule has 0 atom stereocenters. The van der Waals surface area contributed by atoms with Gasteiger partial charge < -0.3 is 15.0 Å². The van der Waals surface area contributed by atoms with Crippen LogP contribution in [0, 0.1) is 5.92 Å². The van der Waals surface area contributed by atoms with Gasteiger partial charge in [-0.3, -0.25) is 14.4 Å². The van der Waals surface area contributed by atoms with Crippen LogP contribution in [0.2, 0.25) is 0 Å². The minimum atomic E-state index is -0.790. The minimum Gasteiger partial charge on any atom is -0.481 e. The molecule has 0 unspecified atom stereocenters. The zero-order valence-electron chi connectivity index (χ0n) is 13.8. The predicted octanol–water partition coefficient (Wildman–Crippen LogP) is 1.97. The highest BCUT2D eigenvalue weighted by Crippen LogP contribution is 2.23. The third-order valence-corrected chi connectivity index (χ3v) is 5.18. The van der Waals surface area contributed by atoms with E-state index in [1.165, 1.54) is 0 Å². The van der Waals surface area contributed by atoms with Crippen LogP contribution in [0.5, 0.6) is 0 Å². The van der Waals surface area contributed by atoms with Crippen LogP contribution in [0.25, 0.3) is 0 Å². The Labute approximate surface area is 140 Å². The number of nitrogens with one attached hydrogen (secondary N) is 1. The summed E-state index contributed by atoms with van der Waals surface area (Å²) in [4.78, 5) is 40.4. The number of pyridine rings is 1. The molecule has 6 heteroatoms. The number of carbonyl (C=O) groups excluding carboxylic acids is 1. The SMILES string of the molecule is O=C(O)CC1CCN(C(=O)c2cc3c([nH]c2=O)CCCCC3)CC1. The van der Waals surface area contributed by atoms with E-state index in [4.69, 9.17) is 5.11 Å². The predicted molar refractivity (Wildman–Crippen MR) is 89.2 cm³/mol. The number of carboxylic acids is 1. The lowest BCUT2D eigenvalue weighted by molar-refractivity contribution is -0.138. The normalized spacial score (nSPS) is 18.8. The number of hydrogen-bond acceptors (Lipinski definition) is 3. The van der Waals surface area contributed by atoms with Crippen molar-refractivity contribution >= 4 is 11.9 Å². The second kappa shape index (κ2) is 7.20. The van der Waals surface area contributed by atoms with Gasteiger partial charge in [0.15, 0.2) is 0 Å². The van der Waals surface area contributed by atoms with Crippen molar-refractivity contribution in [2.45, 2.75) is 51.4 Å². The van der Waals surface area contributed by atoms with Crippen molar-refractivity contribution in [1.29, 1.82) is 0 Å². The molecule has 2 heterocycles. The van der Waals surface area contributed by atoms with Crippen molar-refractivity contribution in [2.24, 2.45) is 5.92 Å². The van der Waals surface area contributed by atoms with E-state index < -0.39 is 5.97 Å². The second-order valence-corrected chi connectivity index (χ2v) is 6.91. The van der Waals surface area contributed by atoms with E-state index in [-0.39, 0.29) is 29.4 Å². The molecule has 2 N–H and O–H groups in total. The van der Waals surface area contributed by atoms with Crippen LogP contribution >= 0.6 is 0 Å². The summed E-state index contributed by atoms with van der Waals surface area (Å²) in [5, 5.41) is 8.86. The van der Waals surface area contributed by atoms with E-state index in [9.17, 15) is 14.4 Å². The number of fused-ring (bicyclic) bond motifs is 1. The molecule has 0 saturated carbocycles. The van der Waals surface area contributed by atoms with Crippen LogP contribution in [0.15, 0.2) is 10.9 Å². The highest BCUT2D eigenvalue weighted by molar-refractivity contribution is 5.94. The van der Waals surface area contributed by atoms with Crippen LogP contribution in [-0.4, -0.2) is 40.0 Å². The molecule has 1 aromatic heterocycles. The molecule has 24 heavy (non-hydrogen) atoms. The van der Waals surface area contributed by atoms with Crippen LogP contribution < -0.4 is 5.56 Å². The number of hydrogen-bond donors (Lipinski definition) is 2. The zero-order chi connectivity index (χ0) is 17.1. The molecule has 1 aliphatic heterocycles. The van der Waals surface area contributed by atoms with Gasteiger partial charge in [0, 0.05) is 25.2 Å². The second-order valence-electron chi connectivity index (χ2n) is 6.91. The molecule has 3 rings (SSSR count). The fourth-order valence-electron chi connectivity index (χ4n) is 3.77. The molecule has 0 aromatic carbocycles. The number of amides is 1. The Morgan fingerprint density at radius 2 is 1.88 bits per heavy atom. The highest BCUT2D eigenvalue weighted by atomic mass is 16.4. The summed E-state index contributed by atoms with van der Waals surface area (Å²) in [5.41, 5.74) is 2.01. The average Bonchev–Trinajstić information content (AvgIpc) is 2.78. The molecule has 1 fully saturated rings. The average molecular weight is 332 g/mol. The van der Waals surface area contributed by atoms with Gasteiger partial charge in [-0.2, -0.15) is 0 Å². The number of piperidine rings is 1. The first kappa shape index (κ1) is 16.7. The Balaban J connectivity index is 1.73.